The Balaban J connectivity index is 2.89. The summed E-state index contributed by atoms with van der Waals surface area (Å²) in [5.74, 6) is -0.538. The molecule has 0 heterocycles. The van der Waals surface area contributed by atoms with Crippen molar-refractivity contribution in [1.82, 2.24) is 0 Å². The fourth-order valence-corrected chi connectivity index (χ4v) is 3.93. The van der Waals surface area contributed by atoms with Crippen LogP contribution in [-0.2, 0) is 19.9 Å². The number of anilines is 2. The molecule has 0 amide bonds. The average Bonchev–Trinajstić information content (AvgIpc) is 2.29. The molecule has 0 aliphatic carbocycles. The van der Waals surface area contributed by atoms with Crippen molar-refractivity contribution in [3.05, 3.63) is 18.2 Å². The molecule has 19 heavy (non-hydrogen) atoms. The first kappa shape index (κ1) is 15.6. The normalized spacial score (nSPS) is 12.1. The summed E-state index contributed by atoms with van der Waals surface area (Å²) in [5, 5.41) is 0. The van der Waals surface area contributed by atoms with Crippen LogP contribution in [0.2, 0.25) is 0 Å². The molecule has 0 aliphatic rings. The lowest BCUT2D eigenvalue weighted by molar-refractivity contribution is 0.415. The number of nitrogens with one attached hydrogen (secondary N) is 1. The summed E-state index contributed by atoms with van der Waals surface area (Å²) in [7, 11) is -5.69. The monoisotopic (exact) mass is 308 g/mol. The zero-order valence-electron chi connectivity index (χ0n) is 10.6. The van der Waals surface area contributed by atoms with Crippen LogP contribution >= 0.6 is 0 Å². The van der Waals surface area contributed by atoms with Gasteiger partial charge in [-0.3, -0.25) is 4.72 Å². The lowest BCUT2D eigenvalue weighted by Gasteiger charge is -2.11. The van der Waals surface area contributed by atoms with E-state index in [1.807, 2.05) is 0 Å². The molecule has 1 aromatic rings. The van der Waals surface area contributed by atoms with E-state index in [1.165, 1.54) is 19.2 Å². The molecule has 9 heteroatoms. The zero-order chi connectivity index (χ0) is 14.7. The number of benzene rings is 1. The molecule has 0 saturated carbocycles. The second-order valence-corrected chi connectivity index (χ2v) is 8.11. The van der Waals surface area contributed by atoms with E-state index in [2.05, 4.69) is 4.72 Å². The van der Waals surface area contributed by atoms with Gasteiger partial charge in [-0.1, -0.05) is 0 Å². The van der Waals surface area contributed by atoms with Crippen LogP contribution in [0.1, 0.15) is 0 Å². The Kier molecular flexibility index (Phi) is 4.64. The number of rotatable bonds is 6. The summed E-state index contributed by atoms with van der Waals surface area (Å²) >= 11 is 0. The van der Waals surface area contributed by atoms with Crippen LogP contribution in [-0.4, -0.2) is 41.7 Å². The Labute approximate surface area is 112 Å². The van der Waals surface area contributed by atoms with E-state index >= 15 is 0 Å². The molecule has 1 aromatic carbocycles. The topological polar surface area (TPSA) is 116 Å². The van der Waals surface area contributed by atoms with E-state index in [0.717, 1.165) is 6.26 Å². The molecule has 0 aromatic heterocycles. The van der Waals surface area contributed by atoms with Crippen molar-refractivity contribution in [1.29, 1.82) is 0 Å². The van der Waals surface area contributed by atoms with Crippen molar-refractivity contribution in [2.45, 2.75) is 0 Å². The van der Waals surface area contributed by atoms with Gasteiger partial charge in [0.2, 0.25) is 10.0 Å². The third-order valence-electron chi connectivity index (χ3n) is 2.25. The SMILES string of the molecule is COc1ccc(N)c(NS(=O)(=O)CCS(C)(=O)=O)c1. The van der Waals surface area contributed by atoms with E-state index in [4.69, 9.17) is 10.5 Å². The quantitative estimate of drug-likeness (QED) is 0.718. The Morgan fingerprint density at radius 2 is 1.84 bits per heavy atom. The van der Waals surface area contributed by atoms with E-state index in [1.54, 1.807) is 6.07 Å². The molecular weight excluding hydrogens is 292 g/mol. The second kappa shape index (κ2) is 5.66. The van der Waals surface area contributed by atoms with Gasteiger partial charge in [-0.15, -0.1) is 0 Å². The first-order valence-electron chi connectivity index (χ1n) is 5.25. The van der Waals surface area contributed by atoms with Gasteiger partial charge in [-0.05, 0) is 12.1 Å². The summed E-state index contributed by atoms with van der Waals surface area (Å²) in [5.41, 5.74) is 6.02. The van der Waals surface area contributed by atoms with Crippen molar-refractivity contribution in [3.8, 4) is 5.75 Å². The minimum absolute atomic E-state index is 0.160. The largest absolute Gasteiger partial charge is 0.497 e. The van der Waals surface area contributed by atoms with Crippen LogP contribution in [0.25, 0.3) is 0 Å². The lowest BCUT2D eigenvalue weighted by Crippen LogP contribution is -2.22. The van der Waals surface area contributed by atoms with Crippen LogP contribution in [0.3, 0.4) is 0 Å². The molecular formula is C10H16N2O5S2. The number of hydrogen-bond acceptors (Lipinski definition) is 6. The van der Waals surface area contributed by atoms with Gasteiger partial charge in [-0.25, -0.2) is 16.8 Å². The first-order valence-corrected chi connectivity index (χ1v) is 8.96. The number of sulfonamides is 1. The molecule has 3 N–H and O–H groups in total. The summed E-state index contributed by atoms with van der Waals surface area (Å²) < 4.78 is 52.6. The minimum Gasteiger partial charge on any atom is -0.497 e. The van der Waals surface area contributed by atoms with Gasteiger partial charge in [0.25, 0.3) is 0 Å². The van der Waals surface area contributed by atoms with Gasteiger partial charge in [0.15, 0.2) is 0 Å². The van der Waals surface area contributed by atoms with Gasteiger partial charge in [0.1, 0.15) is 15.6 Å². The van der Waals surface area contributed by atoms with Gasteiger partial charge >= 0.3 is 0 Å². The van der Waals surface area contributed by atoms with Crippen molar-refractivity contribution in [3.63, 3.8) is 0 Å². The molecule has 0 radical (unpaired) electrons. The molecule has 108 valence electrons. The van der Waals surface area contributed by atoms with E-state index in [0.29, 0.717) is 5.75 Å². The number of methoxy groups -OCH3 is 1. The first-order chi connectivity index (χ1) is 8.63. The summed E-state index contributed by atoms with van der Waals surface area (Å²) in [6, 6.07) is 4.50. The Hall–Kier alpha value is -1.48. The standard InChI is InChI=1S/C10H16N2O5S2/c1-17-8-3-4-9(11)10(7-8)12-19(15,16)6-5-18(2,13)14/h3-4,7,12H,5-6,11H2,1-2H3. The van der Waals surface area contributed by atoms with Crippen LogP contribution in [0.5, 0.6) is 5.75 Å². The predicted molar refractivity (Wildman–Crippen MR) is 74.5 cm³/mol. The fourth-order valence-electron chi connectivity index (χ4n) is 1.23. The van der Waals surface area contributed by atoms with Crippen LogP contribution in [0.15, 0.2) is 18.2 Å². The number of hydrogen-bond donors (Lipinski definition) is 2. The van der Waals surface area contributed by atoms with Gasteiger partial charge < -0.3 is 10.5 Å². The van der Waals surface area contributed by atoms with E-state index in [-0.39, 0.29) is 11.4 Å². The molecule has 0 atom stereocenters. The molecule has 7 nitrogen and oxygen atoms in total. The maximum absolute atomic E-state index is 11.7. The Bertz CT molecular complexity index is 652. The van der Waals surface area contributed by atoms with E-state index in [9.17, 15) is 16.8 Å². The minimum atomic E-state index is -3.78. The van der Waals surface area contributed by atoms with Gasteiger partial charge in [0, 0.05) is 12.3 Å². The molecule has 0 unspecified atom stereocenters. The summed E-state index contributed by atoms with van der Waals surface area (Å²) in [6.07, 6.45) is 0.975. The summed E-state index contributed by atoms with van der Waals surface area (Å²) in [6.45, 7) is 0. The molecule has 0 fully saturated rings. The highest BCUT2D eigenvalue weighted by atomic mass is 32.2. The molecule has 0 bridgehead atoms. The molecule has 1 rings (SSSR count). The lowest BCUT2D eigenvalue weighted by atomic mass is 10.2. The van der Waals surface area contributed by atoms with Gasteiger partial charge in [0.05, 0.1) is 30.0 Å². The average molecular weight is 308 g/mol. The molecule has 0 spiro atoms. The highest BCUT2D eigenvalue weighted by Gasteiger charge is 2.16. The van der Waals surface area contributed by atoms with Crippen molar-refractivity contribution in [2.75, 3.05) is 35.3 Å². The third kappa shape index (κ3) is 5.35. The second-order valence-electron chi connectivity index (χ2n) is 4.00. The molecule has 0 saturated heterocycles. The van der Waals surface area contributed by atoms with Crippen molar-refractivity contribution in [2.24, 2.45) is 0 Å². The van der Waals surface area contributed by atoms with E-state index < -0.39 is 31.4 Å². The summed E-state index contributed by atoms with van der Waals surface area (Å²) in [4.78, 5) is 0. The maximum atomic E-state index is 11.7. The maximum Gasteiger partial charge on any atom is 0.233 e. The molecule has 0 aliphatic heterocycles. The highest BCUT2D eigenvalue weighted by Crippen LogP contribution is 2.25. The third-order valence-corrected chi connectivity index (χ3v) is 4.73. The van der Waals surface area contributed by atoms with Crippen molar-refractivity contribution < 1.29 is 21.6 Å². The van der Waals surface area contributed by atoms with Crippen LogP contribution in [0, 0.1) is 0 Å². The number of nitrogens with two attached hydrogens (primary N) is 1. The fraction of sp³-hybridized carbons (Fsp3) is 0.400. The Morgan fingerprint density at radius 3 is 2.37 bits per heavy atom. The number of ether oxygens (including phenoxy) is 1. The highest BCUT2D eigenvalue weighted by molar-refractivity contribution is 7.95. The Morgan fingerprint density at radius 1 is 1.21 bits per heavy atom. The van der Waals surface area contributed by atoms with Crippen molar-refractivity contribution >= 4 is 31.2 Å². The van der Waals surface area contributed by atoms with Crippen LogP contribution < -0.4 is 15.2 Å². The van der Waals surface area contributed by atoms with Gasteiger partial charge in [-0.2, -0.15) is 0 Å². The predicted octanol–water partition coefficient (Wildman–Crippen LogP) is 0.0637. The zero-order valence-corrected chi connectivity index (χ0v) is 12.2. The smallest absolute Gasteiger partial charge is 0.233 e. The number of nitrogen functional groups attached to an aromatic ring is 1. The van der Waals surface area contributed by atoms with Crippen LogP contribution in [0.4, 0.5) is 11.4 Å². The number of sulfone groups is 1.